The van der Waals surface area contributed by atoms with Gasteiger partial charge >= 0.3 is 12.0 Å². The summed E-state index contributed by atoms with van der Waals surface area (Å²) in [6.07, 6.45) is 3.76. The van der Waals surface area contributed by atoms with Crippen molar-refractivity contribution in [3.8, 4) is 0 Å². The van der Waals surface area contributed by atoms with E-state index >= 15 is 0 Å². The zero-order valence-electron chi connectivity index (χ0n) is 11.4. The van der Waals surface area contributed by atoms with Crippen LogP contribution in [0.4, 0.5) is 4.79 Å². The van der Waals surface area contributed by atoms with Crippen LogP contribution in [0.25, 0.3) is 0 Å². The van der Waals surface area contributed by atoms with Crippen molar-refractivity contribution in [2.45, 2.75) is 38.8 Å². The molecule has 0 aromatic carbocycles. The summed E-state index contributed by atoms with van der Waals surface area (Å²) in [4.78, 5) is 27.3. The van der Waals surface area contributed by atoms with Crippen LogP contribution >= 0.6 is 0 Å². The number of amides is 2. The van der Waals surface area contributed by atoms with E-state index < -0.39 is 11.4 Å². The van der Waals surface area contributed by atoms with Gasteiger partial charge in [0.05, 0.1) is 17.7 Å². The van der Waals surface area contributed by atoms with Crippen LogP contribution in [0.15, 0.2) is 24.4 Å². The minimum atomic E-state index is -0.873. The molecule has 0 aliphatic heterocycles. The number of hydrogen-bond donors (Lipinski definition) is 3. The van der Waals surface area contributed by atoms with E-state index in [2.05, 4.69) is 15.6 Å². The molecule has 1 saturated carbocycles. The first-order valence-electron chi connectivity index (χ1n) is 6.70. The van der Waals surface area contributed by atoms with Gasteiger partial charge in [-0.25, -0.2) is 4.79 Å². The maximum absolute atomic E-state index is 11.8. The van der Waals surface area contributed by atoms with Crippen LogP contribution in [-0.4, -0.2) is 28.1 Å². The standard InChI is InChI=1S/C14H19N3O3/c1-14(12(18)19)7-4-6-11(14)17-13(20)16-9-10-5-2-3-8-15-10/h2-3,5,8,11H,4,6-7,9H2,1H3,(H,18,19)(H2,16,17,20). The van der Waals surface area contributed by atoms with Crippen LogP contribution in [0.2, 0.25) is 0 Å². The molecule has 2 rings (SSSR count). The van der Waals surface area contributed by atoms with E-state index in [0.29, 0.717) is 19.4 Å². The molecule has 1 heterocycles. The second kappa shape index (κ2) is 5.90. The van der Waals surface area contributed by atoms with E-state index in [9.17, 15) is 14.7 Å². The first-order chi connectivity index (χ1) is 9.52. The maximum Gasteiger partial charge on any atom is 0.315 e. The number of pyridine rings is 1. The summed E-state index contributed by atoms with van der Waals surface area (Å²) in [5, 5.41) is 14.7. The van der Waals surface area contributed by atoms with Crippen LogP contribution < -0.4 is 10.6 Å². The summed E-state index contributed by atoms with van der Waals surface area (Å²) in [6, 6.07) is 4.79. The summed E-state index contributed by atoms with van der Waals surface area (Å²) in [5.41, 5.74) is -0.113. The Morgan fingerprint density at radius 2 is 2.30 bits per heavy atom. The Hall–Kier alpha value is -2.11. The predicted octanol–water partition coefficient (Wildman–Crippen LogP) is 1.52. The van der Waals surface area contributed by atoms with Gasteiger partial charge < -0.3 is 15.7 Å². The Balaban J connectivity index is 1.87. The van der Waals surface area contributed by atoms with Gasteiger partial charge in [-0.1, -0.05) is 12.5 Å². The molecule has 20 heavy (non-hydrogen) atoms. The van der Waals surface area contributed by atoms with Crippen molar-refractivity contribution in [2.24, 2.45) is 5.41 Å². The molecule has 1 aliphatic rings. The molecule has 1 aliphatic carbocycles. The summed E-state index contributed by atoms with van der Waals surface area (Å²) in [7, 11) is 0. The van der Waals surface area contributed by atoms with Crippen molar-refractivity contribution in [1.82, 2.24) is 15.6 Å². The van der Waals surface area contributed by atoms with Crippen LogP contribution in [0.5, 0.6) is 0 Å². The lowest BCUT2D eigenvalue weighted by Gasteiger charge is -2.27. The smallest absolute Gasteiger partial charge is 0.315 e. The van der Waals surface area contributed by atoms with Gasteiger partial charge in [0.25, 0.3) is 0 Å². The normalized spacial score (nSPS) is 25.1. The number of nitrogens with one attached hydrogen (secondary N) is 2. The van der Waals surface area contributed by atoms with Crippen molar-refractivity contribution >= 4 is 12.0 Å². The Morgan fingerprint density at radius 1 is 1.50 bits per heavy atom. The largest absolute Gasteiger partial charge is 0.481 e. The van der Waals surface area contributed by atoms with Crippen LogP contribution in [0.3, 0.4) is 0 Å². The lowest BCUT2D eigenvalue weighted by atomic mass is 9.85. The van der Waals surface area contributed by atoms with Crippen molar-refractivity contribution < 1.29 is 14.7 Å². The van der Waals surface area contributed by atoms with Gasteiger partial charge in [-0.15, -0.1) is 0 Å². The van der Waals surface area contributed by atoms with Crippen molar-refractivity contribution in [3.05, 3.63) is 30.1 Å². The fraction of sp³-hybridized carbons (Fsp3) is 0.500. The van der Waals surface area contributed by atoms with Gasteiger partial charge in [-0.3, -0.25) is 9.78 Å². The molecule has 1 aromatic rings. The van der Waals surface area contributed by atoms with Crippen molar-refractivity contribution in [3.63, 3.8) is 0 Å². The van der Waals surface area contributed by atoms with Gasteiger partial charge in [-0.2, -0.15) is 0 Å². The zero-order chi connectivity index (χ0) is 14.6. The summed E-state index contributed by atoms with van der Waals surface area (Å²) < 4.78 is 0. The molecule has 6 nitrogen and oxygen atoms in total. The van der Waals surface area contributed by atoms with Gasteiger partial charge in [0.15, 0.2) is 0 Å². The highest BCUT2D eigenvalue weighted by Crippen LogP contribution is 2.38. The molecule has 0 bridgehead atoms. The number of carboxylic acids is 1. The molecule has 1 aromatic heterocycles. The zero-order valence-corrected chi connectivity index (χ0v) is 11.4. The van der Waals surface area contributed by atoms with Crippen LogP contribution in [-0.2, 0) is 11.3 Å². The van der Waals surface area contributed by atoms with E-state index in [-0.39, 0.29) is 12.1 Å². The monoisotopic (exact) mass is 277 g/mol. The molecule has 3 N–H and O–H groups in total. The van der Waals surface area contributed by atoms with E-state index in [4.69, 9.17) is 0 Å². The van der Waals surface area contributed by atoms with Gasteiger partial charge in [0, 0.05) is 12.2 Å². The second-order valence-corrected chi connectivity index (χ2v) is 5.32. The van der Waals surface area contributed by atoms with E-state index in [1.165, 1.54) is 0 Å². The fourth-order valence-corrected chi connectivity index (χ4v) is 2.54. The molecule has 0 spiro atoms. The third-order valence-corrected chi connectivity index (χ3v) is 3.91. The second-order valence-electron chi connectivity index (χ2n) is 5.32. The molecule has 6 heteroatoms. The lowest BCUT2D eigenvalue weighted by molar-refractivity contribution is -0.148. The summed E-state index contributed by atoms with van der Waals surface area (Å²) in [5.74, 6) is -0.856. The third-order valence-electron chi connectivity index (χ3n) is 3.91. The highest BCUT2D eigenvalue weighted by molar-refractivity contribution is 5.79. The highest BCUT2D eigenvalue weighted by atomic mass is 16.4. The minimum Gasteiger partial charge on any atom is -0.481 e. The average molecular weight is 277 g/mol. The molecule has 108 valence electrons. The average Bonchev–Trinajstić information content (AvgIpc) is 2.80. The number of carbonyl (C=O) groups excluding carboxylic acids is 1. The molecule has 2 atom stereocenters. The van der Waals surface area contributed by atoms with Gasteiger partial charge in [-0.05, 0) is 31.9 Å². The first-order valence-corrected chi connectivity index (χ1v) is 6.70. The van der Waals surface area contributed by atoms with E-state index in [1.54, 1.807) is 19.2 Å². The lowest BCUT2D eigenvalue weighted by Crippen LogP contribution is -2.50. The maximum atomic E-state index is 11.8. The summed E-state index contributed by atoms with van der Waals surface area (Å²) >= 11 is 0. The molecular weight excluding hydrogens is 258 g/mol. The van der Waals surface area contributed by atoms with Crippen LogP contribution in [0.1, 0.15) is 31.9 Å². The molecular formula is C14H19N3O3. The van der Waals surface area contributed by atoms with Gasteiger partial charge in [0.1, 0.15) is 0 Å². The number of aromatic nitrogens is 1. The van der Waals surface area contributed by atoms with Crippen LogP contribution in [0, 0.1) is 5.41 Å². The Kier molecular flexibility index (Phi) is 4.22. The molecule has 0 radical (unpaired) electrons. The number of rotatable bonds is 4. The first kappa shape index (κ1) is 14.3. The Bertz CT molecular complexity index is 492. The summed E-state index contributed by atoms with van der Waals surface area (Å²) in [6.45, 7) is 2.01. The number of carboxylic acid groups (broad SMARTS) is 1. The van der Waals surface area contributed by atoms with E-state index in [1.807, 2.05) is 12.1 Å². The van der Waals surface area contributed by atoms with Crippen molar-refractivity contribution in [1.29, 1.82) is 0 Å². The number of urea groups is 1. The van der Waals surface area contributed by atoms with E-state index in [0.717, 1.165) is 12.1 Å². The SMILES string of the molecule is CC1(C(=O)O)CCCC1NC(=O)NCc1ccccn1. The van der Waals surface area contributed by atoms with Crippen molar-refractivity contribution in [2.75, 3.05) is 0 Å². The highest BCUT2D eigenvalue weighted by Gasteiger charge is 2.45. The molecule has 2 unspecified atom stereocenters. The Morgan fingerprint density at radius 3 is 2.95 bits per heavy atom. The molecule has 0 saturated heterocycles. The number of aliphatic carboxylic acids is 1. The van der Waals surface area contributed by atoms with Gasteiger partial charge in [0.2, 0.25) is 0 Å². The minimum absolute atomic E-state index is 0.323. The predicted molar refractivity (Wildman–Crippen MR) is 73.0 cm³/mol. The number of nitrogens with zero attached hydrogens (tertiary/aromatic N) is 1. The number of hydrogen-bond acceptors (Lipinski definition) is 3. The third kappa shape index (κ3) is 3.07. The topological polar surface area (TPSA) is 91.3 Å². The fourth-order valence-electron chi connectivity index (χ4n) is 2.54. The quantitative estimate of drug-likeness (QED) is 0.778. The molecule has 2 amide bonds. The number of carbonyl (C=O) groups is 2. The molecule has 1 fully saturated rings. The Labute approximate surface area is 117 Å².